The summed E-state index contributed by atoms with van der Waals surface area (Å²) in [6, 6.07) is 9.72. The first-order valence-electron chi connectivity index (χ1n) is 6.77. The predicted octanol–water partition coefficient (Wildman–Crippen LogP) is 1.60. The molecule has 0 spiro atoms. The highest BCUT2D eigenvalue weighted by molar-refractivity contribution is 7.95. The first kappa shape index (κ1) is 14.3. The average molecular weight is 316 g/mol. The largest absolute Gasteiger partial charge is 0.379 e. The lowest BCUT2D eigenvalue weighted by Crippen LogP contribution is -2.73. The summed E-state index contributed by atoms with van der Waals surface area (Å²) < 4.78 is 28.9. The summed E-state index contributed by atoms with van der Waals surface area (Å²) >= 11 is 6.36. The van der Waals surface area contributed by atoms with Gasteiger partial charge >= 0.3 is 0 Å². The summed E-state index contributed by atoms with van der Waals surface area (Å²) in [5.74, 6) is 0. The molecule has 20 heavy (non-hydrogen) atoms. The normalized spacial score (nSPS) is 37.3. The summed E-state index contributed by atoms with van der Waals surface area (Å²) in [4.78, 5) is 2.18. The van der Waals surface area contributed by atoms with E-state index in [2.05, 4.69) is 4.90 Å². The van der Waals surface area contributed by atoms with E-state index in [1.165, 1.54) is 0 Å². The Balaban J connectivity index is 2.09. The van der Waals surface area contributed by atoms with Gasteiger partial charge in [0.1, 0.15) is 0 Å². The number of alkyl halides is 1. The van der Waals surface area contributed by atoms with Gasteiger partial charge < -0.3 is 4.74 Å². The van der Waals surface area contributed by atoms with Crippen molar-refractivity contribution in [3.05, 3.63) is 35.9 Å². The van der Waals surface area contributed by atoms with Crippen molar-refractivity contribution in [3.63, 3.8) is 0 Å². The highest BCUT2D eigenvalue weighted by Crippen LogP contribution is 2.53. The van der Waals surface area contributed by atoms with Crippen molar-refractivity contribution in [2.24, 2.45) is 0 Å². The zero-order valence-corrected chi connectivity index (χ0v) is 12.9. The molecular formula is C14H18ClNO3S. The van der Waals surface area contributed by atoms with Crippen molar-refractivity contribution in [2.45, 2.75) is 22.4 Å². The van der Waals surface area contributed by atoms with Crippen LogP contribution in [0.15, 0.2) is 30.3 Å². The van der Waals surface area contributed by atoms with Gasteiger partial charge in [0.2, 0.25) is 0 Å². The number of rotatable bonds is 2. The van der Waals surface area contributed by atoms with Crippen LogP contribution in [0.2, 0.25) is 0 Å². The van der Waals surface area contributed by atoms with E-state index in [-0.39, 0.29) is 0 Å². The molecule has 2 heterocycles. The lowest BCUT2D eigenvalue weighted by molar-refractivity contribution is -0.0284. The maximum atomic E-state index is 12.2. The number of benzene rings is 1. The van der Waals surface area contributed by atoms with E-state index in [0.29, 0.717) is 26.3 Å². The Kier molecular flexibility index (Phi) is 3.57. The molecule has 1 aromatic rings. The topological polar surface area (TPSA) is 46.6 Å². The van der Waals surface area contributed by atoms with Gasteiger partial charge in [0.05, 0.1) is 24.0 Å². The molecule has 0 amide bonds. The monoisotopic (exact) mass is 315 g/mol. The second kappa shape index (κ2) is 4.98. The fraction of sp³-hybridized carbons (Fsp3) is 0.571. The number of hydrogen-bond acceptors (Lipinski definition) is 4. The highest BCUT2D eigenvalue weighted by atomic mass is 35.5. The van der Waals surface area contributed by atoms with Crippen LogP contribution in [0.5, 0.6) is 0 Å². The van der Waals surface area contributed by atoms with Crippen molar-refractivity contribution >= 4 is 21.4 Å². The summed E-state index contributed by atoms with van der Waals surface area (Å²) in [6.07, 6.45) is 0. The second-order valence-electron chi connectivity index (χ2n) is 5.34. The van der Waals surface area contributed by atoms with Crippen molar-refractivity contribution in [1.82, 2.24) is 4.90 Å². The van der Waals surface area contributed by atoms with E-state index < -0.39 is 25.3 Å². The van der Waals surface area contributed by atoms with Crippen LogP contribution in [0.4, 0.5) is 0 Å². The molecule has 2 aliphatic rings. The first-order valence-corrected chi connectivity index (χ1v) is 8.82. The van der Waals surface area contributed by atoms with E-state index in [9.17, 15) is 8.42 Å². The maximum absolute atomic E-state index is 12.2. The van der Waals surface area contributed by atoms with Crippen LogP contribution in [0, 0.1) is 0 Å². The third-order valence-electron chi connectivity index (χ3n) is 4.52. The molecule has 6 heteroatoms. The number of morpholine rings is 1. The minimum atomic E-state index is -3.26. The molecule has 0 bridgehead atoms. The van der Waals surface area contributed by atoms with E-state index in [4.69, 9.17) is 16.3 Å². The van der Waals surface area contributed by atoms with E-state index >= 15 is 0 Å². The second-order valence-corrected chi connectivity index (χ2v) is 8.39. The summed E-state index contributed by atoms with van der Waals surface area (Å²) in [6.45, 7) is 4.41. The molecular weight excluding hydrogens is 298 g/mol. The van der Waals surface area contributed by atoms with Gasteiger partial charge in [-0.2, -0.15) is 0 Å². The van der Waals surface area contributed by atoms with Crippen LogP contribution in [-0.4, -0.2) is 49.6 Å². The number of ether oxygens (including phenoxy) is 1. The minimum absolute atomic E-state index is 0.502. The molecule has 0 aromatic heterocycles. The minimum Gasteiger partial charge on any atom is -0.379 e. The zero-order chi connectivity index (χ0) is 14.4. The number of hydrogen-bond donors (Lipinski definition) is 0. The van der Waals surface area contributed by atoms with Crippen LogP contribution >= 0.6 is 11.6 Å². The van der Waals surface area contributed by atoms with Gasteiger partial charge in [0, 0.05) is 13.1 Å². The third-order valence-corrected chi connectivity index (χ3v) is 7.88. The maximum Gasteiger partial charge on any atom is 0.174 e. The Morgan fingerprint density at radius 2 is 1.85 bits per heavy atom. The molecule has 2 fully saturated rings. The standard InChI is InChI=1S/C14H18ClNO3S/c1-11-14(13(15)20(11,17)18,12-5-3-2-4-6-12)16-7-9-19-10-8-16/h2-6,11,13H,7-10H2,1H3. The van der Waals surface area contributed by atoms with Crippen molar-refractivity contribution in [3.8, 4) is 0 Å². The Hall–Kier alpha value is -0.620. The molecule has 0 radical (unpaired) electrons. The van der Waals surface area contributed by atoms with Crippen molar-refractivity contribution in [1.29, 1.82) is 0 Å². The van der Waals surface area contributed by atoms with Crippen molar-refractivity contribution in [2.75, 3.05) is 26.3 Å². The molecule has 2 saturated heterocycles. The molecule has 0 saturated carbocycles. The van der Waals surface area contributed by atoms with E-state index in [1.807, 2.05) is 30.3 Å². The quantitative estimate of drug-likeness (QED) is 0.778. The molecule has 3 rings (SSSR count). The molecule has 3 atom stereocenters. The van der Waals surface area contributed by atoms with E-state index in [0.717, 1.165) is 5.56 Å². The zero-order valence-electron chi connectivity index (χ0n) is 11.3. The van der Waals surface area contributed by atoms with Gasteiger partial charge in [0.15, 0.2) is 14.5 Å². The van der Waals surface area contributed by atoms with Crippen molar-refractivity contribution < 1.29 is 13.2 Å². The molecule has 4 nitrogen and oxygen atoms in total. The van der Waals surface area contributed by atoms with Crippen LogP contribution < -0.4 is 0 Å². The van der Waals surface area contributed by atoms with Gasteiger partial charge in [-0.15, -0.1) is 11.6 Å². The fourth-order valence-electron chi connectivity index (χ4n) is 3.38. The van der Waals surface area contributed by atoms with Crippen LogP contribution in [0.1, 0.15) is 12.5 Å². The van der Waals surface area contributed by atoms with Gasteiger partial charge in [-0.3, -0.25) is 4.90 Å². The fourth-order valence-corrected chi connectivity index (χ4v) is 6.42. The molecule has 3 unspecified atom stereocenters. The first-order chi connectivity index (χ1) is 9.52. The molecule has 110 valence electrons. The molecule has 2 aliphatic heterocycles. The van der Waals surface area contributed by atoms with Gasteiger partial charge in [-0.1, -0.05) is 30.3 Å². The molecule has 1 aromatic carbocycles. The average Bonchev–Trinajstić information content (AvgIpc) is 2.50. The van der Waals surface area contributed by atoms with Crippen LogP contribution in [-0.2, 0) is 20.1 Å². The number of sulfone groups is 1. The highest BCUT2D eigenvalue weighted by Gasteiger charge is 2.67. The third kappa shape index (κ3) is 1.77. The van der Waals surface area contributed by atoms with Gasteiger partial charge in [0.25, 0.3) is 0 Å². The Bertz CT molecular complexity index is 568. The summed E-state index contributed by atoms with van der Waals surface area (Å²) in [5, 5.41) is -0.502. The lowest BCUT2D eigenvalue weighted by atomic mass is 9.85. The van der Waals surface area contributed by atoms with Gasteiger partial charge in [-0.05, 0) is 12.5 Å². The number of halogens is 1. The Labute approximate surface area is 124 Å². The van der Waals surface area contributed by atoms with Crippen LogP contribution in [0.25, 0.3) is 0 Å². The Morgan fingerprint density at radius 3 is 2.40 bits per heavy atom. The van der Waals surface area contributed by atoms with E-state index in [1.54, 1.807) is 6.92 Å². The smallest absolute Gasteiger partial charge is 0.174 e. The predicted molar refractivity (Wildman–Crippen MR) is 78.5 cm³/mol. The molecule has 0 aliphatic carbocycles. The van der Waals surface area contributed by atoms with Crippen LogP contribution in [0.3, 0.4) is 0 Å². The lowest BCUT2D eigenvalue weighted by Gasteiger charge is -2.58. The van der Waals surface area contributed by atoms with Gasteiger partial charge in [-0.25, -0.2) is 8.42 Å². The summed E-state index contributed by atoms with van der Waals surface area (Å²) in [7, 11) is -3.26. The SMILES string of the molecule is CC1C(c2ccccc2)(N2CCOCC2)C(Cl)S1(=O)=O. The number of nitrogens with zero attached hydrogens (tertiary/aromatic N) is 1. The Morgan fingerprint density at radius 1 is 1.25 bits per heavy atom. The molecule has 0 N–H and O–H groups in total. The summed E-state index contributed by atoms with van der Waals surface area (Å²) in [5.41, 5.74) is 0.343.